The number of carbonyl (C=O) groups excluding carboxylic acids is 1. The lowest BCUT2D eigenvalue weighted by Crippen LogP contribution is -2.16. The fourth-order valence-corrected chi connectivity index (χ4v) is 1.73. The normalized spacial score (nSPS) is 12.9. The zero-order valence-electron chi connectivity index (χ0n) is 10.2. The minimum atomic E-state index is -0.709. The molecule has 0 spiro atoms. The summed E-state index contributed by atoms with van der Waals surface area (Å²) in [7, 11) is 0. The molecule has 0 fully saturated rings. The van der Waals surface area contributed by atoms with E-state index in [1.165, 1.54) is 6.07 Å². The van der Waals surface area contributed by atoms with Crippen molar-refractivity contribution in [3.63, 3.8) is 0 Å². The lowest BCUT2D eigenvalue weighted by Gasteiger charge is -2.17. The van der Waals surface area contributed by atoms with E-state index in [0.717, 1.165) is 5.56 Å². The SMILES string of the molecule is Cc1cc(C(C)C(C)C)cc(F)c1C(N)=O. The first-order valence-electron chi connectivity index (χ1n) is 5.44. The van der Waals surface area contributed by atoms with Crippen LogP contribution in [0.4, 0.5) is 4.39 Å². The zero-order valence-corrected chi connectivity index (χ0v) is 10.2. The van der Waals surface area contributed by atoms with Gasteiger partial charge < -0.3 is 5.73 Å². The summed E-state index contributed by atoms with van der Waals surface area (Å²) in [6.45, 7) is 7.92. The Labute approximate surface area is 95.7 Å². The van der Waals surface area contributed by atoms with Crippen molar-refractivity contribution < 1.29 is 9.18 Å². The Balaban J connectivity index is 3.25. The zero-order chi connectivity index (χ0) is 12.5. The molecule has 2 N–H and O–H groups in total. The summed E-state index contributed by atoms with van der Waals surface area (Å²) in [5.74, 6) is -0.540. The Morgan fingerprint density at radius 1 is 1.31 bits per heavy atom. The second-order valence-electron chi connectivity index (χ2n) is 4.59. The average Bonchev–Trinajstić information content (AvgIpc) is 2.14. The highest BCUT2D eigenvalue weighted by atomic mass is 19.1. The molecule has 16 heavy (non-hydrogen) atoms. The number of aryl methyl sites for hydroxylation is 1. The van der Waals surface area contributed by atoms with Crippen LogP contribution >= 0.6 is 0 Å². The molecule has 0 saturated heterocycles. The van der Waals surface area contributed by atoms with Crippen molar-refractivity contribution in [3.8, 4) is 0 Å². The summed E-state index contributed by atoms with van der Waals surface area (Å²) in [6.07, 6.45) is 0. The van der Waals surface area contributed by atoms with E-state index in [0.29, 0.717) is 11.5 Å². The third-order valence-corrected chi connectivity index (χ3v) is 3.08. The molecule has 0 aliphatic rings. The molecule has 0 aliphatic heterocycles. The highest BCUT2D eigenvalue weighted by molar-refractivity contribution is 5.94. The molecule has 0 aromatic heterocycles. The van der Waals surface area contributed by atoms with Crippen molar-refractivity contribution in [2.75, 3.05) is 0 Å². The van der Waals surface area contributed by atoms with Gasteiger partial charge in [-0.15, -0.1) is 0 Å². The predicted molar refractivity (Wildman–Crippen MR) is 62.9 cm³/mol. The van der Waals surface area contributed by atoms with Gasteiger partial charge in [0, 0.05) is 0 Å². The maximum Gasteiger partial charge on any atom is 0.251 e. The molecule has 0 heterocycles. The van der Waals surface area contributed by atoms with Gasteiger partial charge in [0.2, 0.25) is 0 Å². The average molecular weight is 223 g/mol. The van der Waals surface area contributed by atoms with Gasteiger partial charge in [-0.05, 0) is 36.0 Å². The number of rotatable bonds is 3. The van der Waals surface area contributed by atoms with Crippen LogP contribution in [0.15, 0.2) is 12.1 Å². The van der Waals surface area contributed by atoms with Gasteiger partial charge in [-0.3, -0.25) is 4.79 Å². The maximum absolute atomic E-state index is 13.7. The number of hydrogen-bond acceptors (Lipinski definition) is 1. The molecule has 0 bridgehead atoms. The number of primary amides is 1. The maximum atomic E-state index is 13.7. The number of benzene rings is 1. The third-order valence-electron chi connectivity index (χ3n) is 3.08. The van der Waals surface area contributed by atoms with Crippen molar-refractivity contribution in [2.24, 2.45) is 11.7 Å². The van der Waals surface area contributed by atoms with Gasteiger partial charge in [-0.25, -0.2) is 4.39 Å². The lowest BCUT2D eigenvalue weighted by atomic mass is 9.88. The Hall–Kier alpha value is -1.38. The van der Waals surface area contributed by atoms with Gasteiger partial charge in [0.05, 0.1) is 5.56 Å². The van der Waals surface area contributed by atoms with Gasteiger partial charge in [-0.1, -0.05) is 26.8 Å². The predicted octanol–water partition coefficient (Wildman–Crippen LogP) is 2.99. The van der Waals surface area contributed by atoms with Crippen LogP contribution in [-0.4, -0.2) is 5.91 Å². The van der Waals surface area contributed by atoms with E-state index in [1.54, 1.807) is 6.92 Å². The number of halogens is 1. The molecule has 1 rings (SSSR count). The summed E-state index contributed by atoms with van der Waals surface area (Å²) < 4.78 is 13.7. The molecule has 1 aromatic rings. The molecule has 1 amide bonds. The second kappa shape index (κ2) is 4.64. The van der Waals surface area contributed by atoms with E-state index in [4.69, 9.17) is 5.73 Å². The lowest BCUT2D eigenvalue weighted by molar-refractivity contribution is 0.0996. The van der Waals surface area contributed by atoms with Crippen molar-refractivity contribution in [2.45, 2.75) is 33.6 Å². The molecular weight excluding hydrogens is 205 g/mol. The molecule has 0 radical (unpaired) electrons. The standard InChI is InChI=1S/C13H18FNO/c1-7(2)9(4)10-5-8(3)12(13(15)16)11(14)6-10/h5-7,9H,1-4H3,(H2,15,16). The second-order valence-corrected chi connectivity index (χ2v) is 4.59. The smallest absolute Gasteiger partial charge is 0.251 e. The van der Waals surface area contributed by atoms with Crippen LogP contribution in [0.3, 0.4) is 0 Å². The van der Waals surface area contributed by atoms with E-state index in [9.17, 15) is 9.18 Å². The minimum absolute atomic E-state index is 0.000272. The third kappa shape index (κ3) is 2.40. The monoisotopic (exact) mass is 223 g/mol. The van der Waals surface area contributed by atoms with Gasteiger partial charge >= 0.3 is 0 Å². The van der Waals surface area contributed by atoms with Crippen LogP contribution in [0, 0.1) is 18.7 Å². The Morgan fingerprint density at radius 3 is 2.25 bits per heavy atom. The molecule has 2 nitrogen and oxygen atoms in total. The molecule has 1 aromatic carbocycles. The Kier molecular flexibility index (Phi) is 3.68. The van der Waals surface area contributed by atoms with Gasteiger partial charge in [0.15, 0.2) is 0 Å². The van der Waals surface area contributed by atoms with E-state index in [2.05, 4.69) is 13.8 Å². The van der Waals surface area contributed by atoms with E-state index in [1.807, 2.05) is 13.0 Å². The first kappa shape index (κ1) is 12.7. The van der Waals surface area contributed by atoms with Crippen LogP contribution < -0.4 is 5.73 Å². The van der Waals surface area contributed by atoms with E-state index < -0.39 is 11.7 Å². The Morgan fingerprint density at radius 2 is 1.88 bits per heavy atom. The highest BCUT2D eigenvalue weighted by Gasteiger charge is 2.17. The fourth-order valence-electron chi connectivity index (χ4n) is 1.73. The van der Waals surface area contributed by atoms with Crippen LogP contribution in [0.1, 0.15) is 48.2 Å². The van der Waals surface area contributed by atoms with Crippen molar-refractivity contribution in [3.05, 3.63) is 34.6 Å². The quantitative estimate of drug-likeness (QED) is 0.841. The van der Waals surface area contributed by atoms with E-state index >= 15 is 0 Å². The van der Waals surface area contributed by atoms with Crippen molar-refractivity contribution in [1.29, 1.82) is 0 Å². The summed E-state index contributed by atoms with van der Waals surface area (Å²) in [4.78, 5) is 11.0. The minimum Gasteiger partial charge on any atom is -0.365 e. The fraction of sp³-hybridized carbons (Fsp3) is 0.462. The van der Waals surface area contributed by atoms with Crippen LogP contribution in [0.5, 0.6) is 0 Å². The molecule has 1 unspecified atom stereocenters. The molecule has 3 heteroatoms. The van der Waals surface area contributed by atoms with Gasteiger partial charge in [0.1, 0.15) is 5.82 Å². The first-order chi connectivity index (χ1) is 7.34. The first-order valence-corrected chi connectivity index (χ1v) is 5.44. The topological polar surface area (TPSA) is 43.1 Å². The van der Waals surface area contributed by atoms with Crippen molar-refractivity contribution >= 4 is 5.91 Å². The number of nitrogens with two attached hydrogens (primary N) is 1. The molecular formula is C13H18FNO. The number of hydrogen-bond donors (Lipinski definition) is 1. The van der Waals surface area contributed by atoms with Gasteiger partial charge in [0.25, 0.3) is 5.91 Å². The van der Waals surface area contributed by atoms with Gasteiger partial charge in [-0.2, -0.15) is 0 Å². The van der Waals surface area contributed by atoms with Crippen LogP contribution in [0.25, 0.3) is 0 Å². The molecule has 0 aliphatic carbocycles. The number of amides is 1. The summed E-state index contributed by atoms with van der Waals surface area (Å²) in [5, 5.41) is 0. The molecule has 1 atom stereocenters. The van der Waals surface area contributed by atoms with Crippen LogP contribution in [0.2, 0.25) is 0 Å². The largest absolute Gasteiger partial charge is 0.365 e. The van der Waals surface area contributed by atoms with E-state index in [-0.39, 0.29) is 11.5 Å². The highest BCUT2D eigenvalue weighted by Crippen LogP contribution is 2.26. The van der Waals surface area contributed by atoms with Crippen molar-refractivity contribution in [1.82, 2.24) is 0 Å². The Bertz CT molecular complexity index is 389. The summed E-state index contributed by atoms with van der Waals surface area (Å²) in [6, 6.07) is 3.26. The molecule has 88 valence electrons. The number of carbonyl (C=O) groups is 1. The summed E-state index contributed by atoms with van der Waals surface area (Å²) in [5.41, 5.74) is 6.64. The summed E-state index contributed by atoms with van der Waals surface area (Å²) >= 11 is 0. The molecule has 0 saturated carbocycles. The van der Waals surface area contributed by atoms with Crippen LogP contribution in [-0.2, 0) is 0 Å².